The van der Waals surface area contributed by atoms with Crippen LogP contribution in [0.15, 0.2) is 30.3 Å². The van der Waals surface area contributed by atoms with E-state index in [-0.39, 0.29) is 10.4 Å². The molecular formula is C13H7F3N2O2S. The van der Waals surface area contributed by atoms with Crippen molar-refractivity contribution >= 4 is 27.4 Å². The van der Waals surface area contributed by atoms with E-state index in [0.717, 1.165) is 17.4 Å². The van der Waals surface area contributed by atoms with Gasteiger partial charge in [-0.1, -0.05) is 12.1 Å². The molecule has 21 heavy (non-hydrogen) atoms. The summed E-state index contributed by atoms with van der Waals surface area (Å²) in [5, 5.41) is 15.4. The number of carbonyl (C=O) groups is 1. The molecule has 0 aliphatic heterocycles. The second kappa shape index (κ2) is 4.59. The van der Waals surface area contributed by atoms with E-state index in [2.05, 4.69) is 10.2 Å². The Balaban J connectivity index is 2.15. The summed E-state index contributed by atoms with van der Waals surface area (Å²) >= 11 is 0.945. The average Bonchev–Trinajstić information content (AvgIpc) is 3.03. The summed E-state index contributed by atoms with van der Waals surface area (Å²) in [6.45, 7) is 0. The van der Waals surface area contributed by atoms with Crippen LogP contribution >= 0.6 is 11.3 Å². The monoisotopic (exact) mass is 312 g/mol. The Labute approximate surface area is 119 Å². The number of carboxylic acids is 1. The van der Waals surface area contributed by atoms with Gasteiger partial charge < -0.3 is 5.11 Å². The molecule has 108 valence electrons. The predicted octanol–water partition coefficient (Wildman–Crippen LogP) is 4.01. The fourth-order valence-electron chi connectivity index (χ4n) is 1.98. The van der Waals surface area contributed by atoms with Crippen LogP contribution in [0, 0.1) is 0 Å². The molecule has 0 unspecified atom stereocenters. The first-order chi connectivity index (χ1) is 9.86. The molecule has 2 N–H and O–H groups in total. The number of fused-ring (bicyclic) bond motifs is 1. The Morgan fingerprint density at radius 2 is 2.05 bits per heavy atom. The topological polar surface area (TPSA) is 66.0 Å². The summed E-state index contributed by atoms with van der Waals surface area (Å²) in [5.41, 5.74) is -0.505. The second-order valence-electron chi connectivity index (χ2n) is 4.30. The zero-order chi connectivity index (χ0) is 15.2. The number of benzene rings is 1. The number of nitrogens with zero attached hydrogens (tertiary/aromatic N) is 1. The lowest BCUT2D eigenvalue weighted by Crippen LogP contribution is -2.04. The summed E-state index contributed by atoms with van der Waals surface area (Å²) in [5.74, 6) is -1.20. The average molecular weight is 312 g/mol. The third-order valence-electron chi connectivity index (χ3n) is 2.91. The lowest BCUT2D eigenvalue weighted by atomic mass is 10.1. The molecule has 0 aliphatic rings. The number of rotatable bonds is 2. The first-order valence-electron chi connectivity index (χ1n) is 5.75. The van der Waals surface area contributed by atoms with E-state index < -0.39 is 17.7 Å². The summed E-state index contributed by atoms with van der Waals surface area (Å²) in [7, 11) is 0. The normalized spacial score (nSPS) is 12.0. The van der Waals surface area contributed by atoms with Crippen LogP contribution in [0.4, 0.5) is 13.2 Å². The zero-order valence-electron chi connectivity index (χ0n) is 10.2. The maximum Gasteiger partial charge on any atom is 0.417 e. The molecule has 4 nitrogen and oxygen atoms in total. The minimum atomic E-state index is -4.43. The number of aromatic nitrogens is 2. The number of H-pyrrole nitrogens is 1. The van der Waals surface area contributed by atoms with Gasteiger partial charge in [0.15, 0.2) is 5.69 Å². The highest BCUT2D eigenvalue weighted by molar-refractivity contribution is 7.22. The van der Waals surface area contributed by atoms with Crippen LogP contribution < -0.4 is 0 Å². The molecule has 0 bridgehead atoms. The Hall–Kier alpha value is -2.35. The molecule has 0 aliphatic carbocycles. The Morgan fingerprint density at radius 3 is 2.67 bits per heavy atom. The molecular weight excluding hydrogens is 305 g/mol. The van der Waals surface area contributed by atoms with Crippen LogP contribution in [-0.2, 0) is 6.18 Å². The van der Waals surface area contributed by atoms with Crippen LogP contribution in [0.3, 0.4) is 0 Å². The van der Waals surface area contributed by atoms with Crippen LogP contribution in [0.25, 0.3) is 20.7 Å². The second-order valence-corrected chi connectivity index (χ2v) is 5.36. The number of hydrogen-bond donors (Lipinski definition) is 2. The van der Waals surface area contributed by atoms with Crippen LogP contribution in [0.1, 0.15) is 16.1 Å². The van der Waals surface area contributed by atoms with Gasteiger partial charge >= 0.3 is 12.1 Å². The van der Waals surface area contributed by atoms with Crippen molar-refractivity contribution in [1.29, 1.82) is 0 Å². The van der Waals surface area contributed by atoms with Gasteiger partial charge in [0.2, 0.25) is 0 Å². The molecule has 0 amide bonds. The molecule has 0 saturated heterocycles. The maximum atomic E-state index is 12.9. The largest absolute Gasteiger partial charge is 0.476 e. The van der Waals surface area contributed by atoms with Crippen molar-refractivity contribution in [3.63, 3.8) is 0 Å². The van der Waals surface area contributed by atoms with E-state index in [0.29, 0.717) is 16.0 Å². The third kappa shape index (κ3) is 2.38. The van der Waals surface area contributed by atoms with Crippen molar-refractivity contribution in [3.8, 4) is 10.6 Å². The zero-order valence-corrected chi connectivity index (χ0v) is 11.0. The number of thiophene rings is 1. The standard InChI is InChI=1S/C13H7F3N2O2S/c14-13(15,16)7-3-1-2-6-4-10(21-11(6)7)8-5-9(12(19)20)18-17-8/h1-5H,(H,17,18)(H,19,20). The molecule has 0 spiro atoms. The SMILES string of the molecule is O=C(O)c1cc(-c2cc3cccc(C(F)(F)F)c3s2)[nH]n1. The van der Waals surface area contributed by atoms with Crippen LogP contribution in [0.5, 0.6) is 0 Å². The summed E-state index contributed by atoms with van der Waals surface area (Å²) in [6.07, 6.45) is -4.43. The van der Waals surface area contributed by atoms with Gasteiger partial charge in [-0.3, -0.25) is 5.10 Å². The highest BCUT2D eigenvalue weighted by Crippen LogP contribution is 2.41. The first-order valence-corrected chi connectivity index (χ1v) is 6.57. The molecule has 0 atom stereocenters. The molecule has 0 radical (unpaired) electrons. The highest BCUT2D eigenvalue weighted by atomic mass is 32.1. The van der Waals surface area contributed by atoms with Crippen molar-refractivity contribution in [3.05, 3.63) is 41.6 Å². The van der Waals surface area contributed by atoms with Crippen molar-refractivity contribution in [1.82, 2.24) is 10.2 Å². The van der Waals surface area contributed by atoms with Gasteiger partial charge in [0.25, 0.3) is 0 Å². The van der Waals surface area contributed by atoms with E-state index in [1.165, 1.54) is 12.1 Å². The van der Waals surface area contributed by atoms with Gasteiger partial charge in [-0.15, -0.1) is 11.3 Å². The predicted molar refractivity (Wildman–Crippen MR) is 71.4 cm³/mol. The van der Waals surface area contributed by atoms with Gasteiger partial charge in [0.1, 0.15) is 0 Å². The van der Waals surface area contributed by atoms with Crippen molar-refractivity contribution in [2.45, 2.75) is 6.18 Å². The first kappa shape index (κ1) is 13.6. The number of halogens is 3. The highest BCUT2D eigenvalue weighted by Gasteiger charge is 2.33. The number of alkyl halides is 3. The van der Waals surface area contributed by atoms with E-state index in [1.54, 1.807) is 12.1 Å². The fourth-order valence-corrected chi connectivity index (χ4v) is 3.14. The minimum absolute atomic E-state index is 0.117. The molecule has 8 heteroatoms. The van der Waals surface area contributed by atoms with Crippen LogP contribution in [0.2, 0.25) is 0 Å². The number of aromatic amines is 1. The molecule has 2 aromatic heterocycles. The summed E-state index contributed by atoms with van der Waals surface area (Å²) < 4.78 is 39.0. The summed E-state index contributed by atoms with van der Waals surface area (Å²) in [6, 6.07) is 6.82. The van der Waals surface area contributed by atoms with Crippen molar-refractivity contribution in [2.24, 2.45) is 0 Å². The van der Waals surface area contributed by atoms with Gasteiger partial charge in [0.05, 0.1) is 16.1 Å². The van der Waals surface area contributed by atoms with Gasteiger partial charge in [-0.25, -0.2) is 4.79 Å². The van der Waals surface area contributed by atoms with Gasteiger partial charge in [0, 0.05) is 4.70 Å². The maximum absolute atomic E-state index is 12.9. The van der Waals surface area contributed by atoms with Crippen LogP contribution in [-0.4, -0.2) is 21.3 Å². The Kier molecular flexibility index (Phi) is 2.98. The van der Waals surface area contributed by atoms with E-state index in [9.17, 15) is 18.0 Å². The summed E-state index contributed by atoms with van der Waals surface area (Å²) in [4.78, 5) is 11.3. The number of aromatic carboxylic acids is 1. The molecule has 3 aromatic rings. The molecule has 2 heterocycles. The molecule has 0 saturated carbocycles. The van der Waals surface area contributed by atoms with Gasteiger partial charge in [-0.2, -0.15) is 18.3 Å². The Bertz CT molecular complexity index is 835. The quantitative estimate of drug-likeness (QED) is 0.751. The third-order valence-corrected chi connectivity index (χ3v) is 4.13. The van der Waals surface area contributed by atoms with E-state index >= 15 is 0 Å². The van der Waals surface area contributed by atoms with E-state index in [1.807, 2.05) is 0 Å². The van der Waals surface area contributed by atoms with Crippen molar-refractivity contribution < 1.29 is 23.1 Å². The molecule has 1 aromatic carbocycles. The van der Waals surface area contributed by atoms with E-state index in [4.69, 9.17) is 5.11 Å². The lowest BCUT2D eigenvalue weighted by Gasteiger charge is -2.06. The van der Waals surface area contributed by atoms with Crippen molar-refractivity contribution in [2.75, 3.05) is 0 Å². The lowest BCUT2D eigenvalue weighted by molar-refractivity contribution is -0.136. The number of carboxylic acid groups (broad SMARTS) is 1. The smallest absolute Gasteiger partial charge is 0.417 e. The van der Waals surface area contributed by atoms with Gasteiger partial charge in [-0.05, 0) is 23.6 Å². The molecule has 3 rings (SSSR count). The minimum Gasteiger partial charge on any atom is -0.476 e. The fraction of sp³-hybridized carbons (Fsp3) is 0.0769. The molecule has 0 fully saturated rings. The number of nitrogens with one attached hydrogen (secondary N) is 1. The number of hydrogen-bond acceptors (Lipinski definition) is 3. The Morgan fingerprint density at radius 1 is 1.29 bits per heavy atom.